The number of methoxy groups -OCH3 is 1. The highest BCUT2D eigenvalue weighted by Gasteiger charge is 2.13. The summed E-state index contributed by atoms with van der Waals surface area (Å²) in [7, 11) is 1.58. The van der Waals surface area contributed by atoms with E-state index in [4.69, 9.17) is 32.7 Å². The van der Waals surface area contributed by atoms with Crippen LogP contribution in [-0.2, 0) is 6.61 Å². The van der Waals surface area contributed by atoms with Gasteiger partial charge in [0.2, 0.25) is 0 Å². The first-order chi connectivity index (χ1) is 13.5. The van der Waals surface area contributed by atoms with Crippen molar-refractivity contribution in [1.29, 1.82) is 0 Å². The Morgan fingerprint density at radius 1 is 1.04 bits per heavy atom. The summed E-state index contributed by atoms with van der Waals surface area (Å²) < 4.78 is 11.2. The van der Waals surface area contributed by atoms with Gasteiger partial charge >= 0.3 is 0 Å². The average Bonchev–Trinajstić information content (AvgIpc) is 2.68. The molecule has 0 unspecified atom stereocenters. The molecule has 4 nitrogen and oxygen atoms in total. The summed E-state index contributed by atoms with van der Waals surface area (Å²) in [6.45, 7) is 2.27. The Morgan fingerprint density at radius 2 is 1.86 bits per heavy atom. The van der Waals surface area contributed by atoms with E-state index in [1.807, 2.05) is 31.2 Å². The first-order valence-corrected chi connectivity index (χ1v) is 9.34. The molecule has 28 heavy (non-hydrogen) atoms. The lowest BCUT2D eigenvalue weighted by Crippen LogP contribution is -2.13. The molecular weight excluding hydrogens is 397 g/mol. The molecule has 0 aliphatic heterocycles. The molecule has 0 aliphatic carbocycles. The number of carbonyl (C=O) groups excluding carboxylic acids is 1. The van der Waals surface area contributed by atoms with Gasteiger partial charge in [-0.15, -0.1) is 0 Å². The van der Waals surface area contributed by atoms with Crippen LogP contribution in [0.1, 0.15) is 21.5 Å². The van der Waals surface area contributed by atoms with Gasteiger partial charge < -0.3 is 14.8 Å². The molecule has 0 heterocycles. The van der Waals surface area contributed by atoms with Crippen LogP contribution in [0.15, 0.2) is 60.7 Å². The third-order valence-electron chi connectivity index (χ3n) is 4.11. The maximum Gasteiger partial charge on any atom is 0.255 e. The minimum Gasteiger partial charge on any atom is -0.496 e. The first kappa shape index (κ1) is 20.1. The summed E-state index contributed by atoms with van der Waals surface area (Å²) in [5, 5.41) is 3.66. The van der Waals surface area contributed by atoms with Crippen molar-refractivity contribution in [2.24, 2.45) is 0 Å². The number of halogens is 2. The van der Waals surface area contributed by atoms with E-state index in [0.717, 1.165) is 16.9 Å². The van der Waals surface area contributed by atoms with Crippen molar-refractivity contribution in [3.63, 3.8) is 0 Å². The van der Waals surface area contributed by atoms with Gasteiger partial charge in [0.25, 0.3) is 5.91 Å². The van der Waals surface area contributed by atoms with Gasteiger partial charge in [-0.05, 0) is 61.0 Å². The number of hydrogen-bond donors (Lipinski definition) is 1. The summed E-state index contributed by atoms with van der Waals surface area (Å²) >= 11 is 12.0. The first-order valence-electron chi connectivity index (χ1n) is 8.59. The number of aryl methyl sites for hydroxylation is 1. The van der Waals surface area contributed by atoms with Gasteiger partial charge in [0.1, 0.15) is 18.1 Å². The van der Waals surface area contributed by atoms with E-state index in [2.05, 4.69) is 5.32 Å². The Morgan fingerprint density at radius 3 is 2.57 bits per heavy atom. The molecule has 0 atom stereocenters. The van der Waals surface area contributed by atoms with Crippen molar-refractivity contribution in [2.75, 3.05) is 12.4 Å². The number of rotatable bonds is 6. The highest BCUT2D eigenvalue weighted by atomic mass is 35.5. The van der Waals surface area contributed by atoms with Crippen LogP contribution in [0.3, 0.4) is 0 Å². The topological polar surface area (TPSA) is 47.6 Å². The minimum atomic E-state index is -0.288. The molecule has 0 aromatic heterocycles. The molecule has 3 rings (SSSR count). The Hall–Kier alpha value is -2.69. The van der Waals surface area contributed by atoms with E-state index in [-0.39, 0.29) is 12.5 Å². The summed E-state index contributed by atoms with van der Waals surface area (Å²) in [6.07, 6.45) is 0. The molecule has 144 valence electrons. The zero-order valence-corrected chi connectivity index (χ0v) is 17.0. The summed E-state index contributed by atoms with van der Waals surface area (Å²) in [6, 6.07) is 17.8. The minimum absolute atomic E-state index is 0.273. The molecule has 1 amide bonds. The summed E-state index contributed by atoms with van der Waals surface area (Å²) in [5.41, 5.74) is 2.83. The van der Waals surface area contributed by atoms with Gasteiger partial charge in [-0.1, -0.05) is 35.3 Å². The molecule has 0 radical (unpaired) electrons. The fourth-order valence-electron chi connectivity index (χ4n) is 2.68. The fraction of sp³-hybridized carbons (Fsp3) is 0.136. The largest absolute Gasteiger partial charge is 0.496 e. The van der Waals surface area contributed by atoms with Crippen molar-refractivity contribution >= 4 is 34.8 Å². The molecule has 0 bridgehead atoms. The zero-order valence-electron chi connectivity index (χ0n) is 15.5. The van der Waals surface area contributed by atoms with Gasteiger partial charge in [0.05, 0.1) is 17.8 Å². The third-order valence-corrected chi connectivity index (χ3v) is 4.65. The standard InChI is InChI=1S/C22H19Cl2NO3/c1-14-4-3-5-18(10-14)28-13-16-11-15(6-9-21(16)27-2)22(26)25-20-8-7-17(23)12-19(20)24/h3-12H,13H2,1-2H3,(H,25,26). The molecule has 0 saturated heterocycles. The normalized spacial score (nSPS) is 10.4. The zero-order chi connectivity index (χ0) is 20.1. The van der Waals surface area contributed by atoms with E-state index in [9.17, 15) is 4.79 Å². The molecule has 0 saturated carbocycles. The van der Waals surface area contributed by atoms with Crippen molar-refractivity contribution in [2.45, 2.75) is 13.5 Å². The lowest BCUT2D eigenvalue weighted by atomic mass is 10.1. The van der Waals surface area contributed by atoms with Crippen molar-refractivity contribution < 1.29 is 14.3 Å². The Labute approximate surface area is 174 Å². The predicted molar refractivity (Wildman–Crippen MR) is 113 cm³/mol. The van der Waals surface area contributed by atoms with Crippen LogP contribution >= 0.6 is 23.2 Å². The smallest absolute Gasteiger partial charge is 0.255 e. The Bertz CT molecular complexity index is 1000. The monoisotopic (exact) mass is 415 g/mol. The van der Waals surface area contributed by atoms with E-state index >= 15 is 0 Å². The van der Waals surface area contributed by atoms with Gasteiger partial charge in [0, 0.05) is 16.1 Å². The molecule has 6 heteroatoms. The third kappa shape index (κ3) is 4.97. The second-order valence-corrected chi connectivity index (χ2v) is 7.05. The number of anilines is 1. The summed E-state index contributed by atoms with van der Waals surface area (Å²) in [4.78, 5) is 12.6. The highest BCUT2D eigenvalue weighted by molar-refractivity contribution is 6.36. The van der Waals surface area contributed by atoms with Gasteiger partial charge in [-0.25, -0.2) is 0 Å². The molecule has 0 spiro atoms. The predicted octanol–water partition coefficient (Wildman–Crippen LogP) is 6.14. The van der Waals surface area contributed by atoms with Crippen LogP contribution in [0, 0.1) is 6.92 Å². The van der Waals surface area contributed by atoms with Crippen LogP contribution in [0.5, 0.6) is 11.5 Å². The summed E-state index contributed by atoms with van der Waals surface area (Å²) in [5.74, 6) is 1.11. The number of ether oxygens (including phenoxy) is 2. The van der Waals surface area contributed by atoms with E-state index in [1.165, 1.54) is 0 Å². The maximum atomic E-state index is 12.6. The van der Waals surface area contributed by atoms with Crippen LogP contribution in [-0.4, -0.2) is 13.0 Å². The Kier molecular flexibility index (Phi) is 6.45. The van der Waals surface area contributed by atoms with Crippen molar-refractivity contribution in [3.8, 4) is 11.5 Å². The van der Waals surface area contributed by atoms with Gasteiger partial charge in [-0.3, -0.25) is 4.79 Å². The lowest BCUT2D eigenvalue weighted by molar-refractivity contribution is 0.102. The molecule has 3 aromatic carbocycles. The van der Waals surface area contributed by atoms with E-state index in [0.29, 0.717) is 27.0 Å². The Balaban J connectivity index is 1.78. The van der Waals surface area contributed by atoms with Crippen LogP contribution < -0.4 is 14.8 Å². The number of nitrogens with one attached hydrogen (secondary N) is 1. The fourth-order valence-corrected chi connectivity index (χ4v) is 3.14. The maximum absolute atomic E-state index is 12.6. The van der Waals surface area contributed by atoms with Crippen molar-refractivity contribution in [1.82, 2.24) is 0 Å². The number of amides is 1. The van der Waals surface area contributed by atoms with Crippen LogP contribution in [0.2, 0.25) is 10.0 Å². The second-order valence-electron chi connectivity index (χ2n) is 6.21. The van der Waals surface area contributed by atoms with E-state index < -0.39 is 0 Å². The van der Waals surface area contributed by atoms with Crippen LogP contribution in [0.4, 0.5) is 5.69 Å². The molecular formula is C22H19Cl2NO3. The number of benzene rings is 3. The second kappa shape index (κ2) is 9.00. The molecule has 0 aliphatic rings. The van der Waals surface area contributed by atoms with Gasteiger partial charge in [-0.2, -0.15) is 0 Å². The molecule has 0 fully saturated rings. The van der Waals surface area contributed by atoms with Gasteiger partial charge in [0.15, 0.2) is 0 Å². The number of carbonyl (C=O) groups is 1. The number of hydrogen-bond acceptors (Lipinski definition) is 3. The lowest BCUT2D eigenvalue weighted by Gasteiger charge is -2.13. The SMILES string of the molecule is COc1ccc(C(=O)Nc2ccc(Cl)cc2Cl)cc1COc1cccc(C)c1. The van der Waals surface area contributed by atoms with E-state index in [1.54, 1.807) is 43.5 Å². The highest BCUT2D eigenvalue weighted by Crippen LogP contribution is 2.27. The van der Waals surface area contributed by atoms with Crippen LogP contribution in [0.25, 0.3) is 0 Å². The van der Waals surface area contributed by atoms with Crippen molar-refractivity contribution in [3.05, 3.63) is 87.4 Å². The quantitative estimate of drug-likeness (QED) is 0.525. The molecule has 1 N–H and O–H groups in total. The molecule has 3 aromatic rings. The average molecular weight is 416 g/mol.